The van der Waals surface area contributed by atoms with Crippen molar-refractivity contribution < 1.29 is 0 Å². The molecule has 2 aromatic rings. The first-order chi connectivity index (χ1) is 7.82. The number of H-pyrrole nitrogens is 1. The van der Waals surface area contributed by atoms with Crippen molar-refractivity contribution in [3.8, 4) is 0 Å². The molecule has 1 aromatic carbocycles. The molecule has 0 unspecified atom stereocenters. The van der Waals surface area contributed by atoms with Crippen molar-refractivity contribution in [2.75, 3.05) is 19.0 Å². The smallest absolute Gasteiger partial charge is 0.158 e. The average molecular weight is 231 g/mol. The summed E-state index contributed by atoms with van der Waals surface area (Å²) in [7, 11) is 4.06. The summed E-state index contributed by atoms with van der Waals surface area (Å²) in [5, 5.41) is 8.78. The summed E-state index contributed by atoms with van der Waals surface area (Å²) in [6, 6.07) is 4.28. The fraction of sp³-hybridized carbons (Fsp3) is 0.500. The van der Waals surface area contributed by atoms with E-state index in [4.69, 9.17) is 0 Å². The van der Waals surface area contributed by atoms with Crippen LogP contribution in [0.2, 0.25) is 0 Å². The third-order valence-electron chi connectivity index (χ3n) is 3.09. The predicted molar refractivity (Wildman–Crippen MR) is 73.9 cm³/mol. The van der Waals surface area contributed by atoms with Crippen molar-refractivity contribution in [1.29, 1.82) is 0 Å². The lowest BCUT2D eigenvalue weighted by Gasteiger charge is -2.24. The van der Waals surface area contributed by atoms with Gasteiger partial charge in [0.1, 0.15) is 0 Å². The van der Waals surface area contributed by atoms with E-state index in [1.807, 2.05) is 14.1 Å². The number of nitrogens with one attached hydrogen (secondary N) is 1. The van der Waals surface area contributed by atoms with Crippen LogP contribution in [0.5, 0.6) is 0 Å². The van der Waals surface area contributed by atoms with E-state index in [9.17, 15) is 0 Å². The van der Waals surface area contributed by atoms with Gasteiger partial charge in [0.15, 0.2) is 5.82 Å². The lowest BCUT2D eigenvalue weighted by molar-refractivity contribution is 0.592. The number of rotatable bonds is 1. The van der Waals surface area contributed by atoms with Crippen LogP contribution in [0.3, 0.4) is 0 Å². The van der Waals surface area contributed by atoms with Crippen molar-refractivity contribution in [2.45, 2.75) is 33.1 Å². The molecule has 17 heavy (non-hydrogen) atoms. The molecule has 0 fully saturated rings. The molecule has 2 rings (SSSR count). The summed E-state index contributed by atoms with van der Waals surface area (Å²) < 4.78 is 0. The Labute approximate surface area is 103 Å². The maximum atomic E-state index is 4.41. The van der Waals surface area contributed by atoms with Gasteiger partial charge in [0.05, 0.1) is 5.52 Å². The largest absolute Gasteiger partial charge is 0.361 e. The van der Waals surface area contributed by atoms with Crippen molar-refractivity contribution in [1.82, 2.24) is 10.2 Å². The standard InChI is InChI=1S/C14H21N3/c1-9-7-8-10-11(12(9)14(2,3)4)13(16-15-10)17(5)6/h7-8H,1-6H3,(H,15,16). The van der Waals surface area contributed by atoms with Crippen molar-refractivity contribution in [2.24, 2.45) is 0 Å². The molecule has 1 heterocycles. The molecule has 0 atom stereocenters. The fourth-order valence-electron chi connectivity index (χ4n) is 2.49. The molecule has 92 valence electrons. The Bertz CT molecular complexity index is 544. The number of aromatic amines is 1. The Balaban J connectivity index is 2.87. The Kier molecular flexibility index (Phi) is 2.64. The van der Waals surface area contributed by atoms with E-state index in [0.717, 1.165) is 11.3 Å². The summed E-state index contributed by atoms with van der Waals surface area (Å²) in [4.78, 5) is 2.06. The predicted octanol–water partition coefficient (Wildman–Crippen LogP) is 3.23. The highest BCUT2D eigenvalue weighted by Crippen LogP contribution is 2.36. The lowest BCUT2D eigenvalue weighted by Crippen LogP contribution is -2.16. The van der Waals surface area contributed by atoms with E-state index in [0.29, 0.717) is 0 Å². The number of nitrogens with zero attached hydrogens (tertiary/aromatic N) is 2. The Morgan fingerprint density at radius 1 is 1.18 bits per heavy atom. The molecule has 3 heteroatoms. The highest BCUT2D eigenvalue weighted by atomic mass is 15.2. The van der Waals surface area contributed by atoms with Crippen LogP contribution in [0.4, 0.5) is 5.82 Å². The van der Waals surface area contributed by atoms with Gasteiger partial charge in [-0.2, -0.15) is 5.10 Å². The average Bonchev–Trinajstić information content (AvgIpc) is 2.58. The third-order valence-corrected chi connectivity index (χ3v) is 3.09. The molecule has 0 amide bonds. The zero-order chi connectivity index (χ0) is 12.8. The SMILES string of the molecule is Cc1ccc2[nH]nc(N(C)C)c2c1C(C)(C)C. The van der Waals surface area contributed by atoms with Crippen LogP contribution in [-0.2, 0) is 5.41 Å². The van der Waals surface area contributed by atoms with Crippen molar-refractivity contribution in [3.63, 3.8) is 0 Å². The quantitative estimate of drug-likeness (QED) is 0.817. The molecule has 0 radical (unpaired) electrons. The van der Waals surface area contributed by atoms with Gasteiger partial charge in [-0.1, -0.05) is 26.8 Å². The summed E-state index contributed by atoms with van der Waals surface area (Å²) in [6.45, 7) is 8.93. The minimum Gasteiger partial charge on any atom is -0.361 e. The number of hydrogen-bond donors (Lipinski definition) is 1. The Hall–Kier alpha value is -1.51. The number of anilines is 1. The molecule has 0 saturated heterocycles. The molecule has 1 N–H and O–H groups in total. The van der Waals surface area contributed by atoms with E-state index in [1.165, 1.54) is 16.5 Å². The van der Waals surface area contributed by atoms with Gasteiger partial charge in [0, 0.05) is 19.5 Å². The Morgan fingerprint density at radius 3 is 2.35 bits per heavy atom. The zero-order valence-electron chi connectivity index (χ0n) is 11.5. The number of hydrogen-bond acceptors (Lipinski definition) is 2. The van der Waals surface area contributed by atoms with Gasteiger partial charge in [-0.05, 0) is 29.5 Å². The normalized spacial score (nSPS) is 12.1. The van der Waals surface area contributed by atoms with E-state index in [1.54, 1.807) is 0 Å². The van der Waals surface area contributed by atoms with Gasteiger partial charge in [-0.3, -0.25) is 5.10 Å². The monoisotopic (exact) mass is 231 g/mol. The van der Waals surface area contributed by atoms with Gasteiger partial charge in [-0.15, -0.1) is 0 Å². The second-order valence-electron chi connectivity index (χ2n) is 5.87. The fourth-order valence-corrected chi connectivity index (χ4v) is 2.49. The second-order valence-corrected chi connectivity index (χ2v) is 5.87. The summed E-state index contributed by atoms with van der Waals surface area (Å²) in [5.41, 5.74) is 3.95. The molecular weight excluding hydrogens is 210 g/mol. The molecule has 0 spiro atoms. The van der Waals surface area contributed by atoms with E-state index in [-0.39, 0.29) is 5.41 Å². The molecule has 3 nitrogen and oxygen atoms in total. The molecule has 0 aliphatic heterocycles. The van der Waals surface area contributed by atoms with Crippen LogP contribution in [0.25, 0.3) is 10.9 Å². The second kappa shape index (κ2) is 3.76. The van der Waals surface area contributed by atoms with Crippen LogP contribution in [0.15, 0.2) is 12.1 Å². The molecule has 1 aromatic heterocycles. The summed E-state index contributed by atoms with van der Waals surface area (Å²) in [6.07, 6.45) is 0. The number of aryl methyl sites for hydroxylation is 1. The number of aromatic nitrogens is 2. The van der Waals surface area contributed by atoms with Gasteiger partial charge in [0.2, 0.25) is 0 Å². The minimum absolute atomic E-state index is 0.123. The van der Waals surface area contributed by atoms with Crippen molar-refractivity contribution in [3.05, 3.63) is 23.3 Å². The molecule has 0 bridgehead atoms. The van der Waals surface area contributed by atoms with Crippen LogP contribution >= 0.6 is 0 Å². The lowest BCUT2D eigenvalue weighted by atomic mass is 9.82. The van der Waals surface area contributed by atoms with Crippen LogP contribution < -0.4 is 4.90 Å². The summed E-state index contributed by atoms with van der Waals surface area (Å²) in [5.74, 6) is 1.02. The molecule has 0 aliphatic carbocycles. The van der Waals surface area contributed by atoms with Crippen LogP contribution in [0, 0.1) is 6.92 Å². The maximum Gasteiger partial charge on any atom is 0.158 e. The minimum atomic E-state index is 0.123. The van der Waals surface area contributed by atoms with Crippen molar-refractivity contribution >= 4 is 16.7 Å². The highest BCUT2D eigenvalue weighted by Gasteiger charge is 2.23. The van der Waals surface area contributed by atoms with E-state index < -0.39 is 0 Å². The number of benzene rings is 1. The van der Waals surface area contributed by atoms with Crippen LogP contribution in [0.1, 0.15) is 31.9 Å². The first-order valence-electron chi connectivity index (χ1n) is 5.98. The van der Waals surface area contributed by atoms with Gasteiger partial charge in [0.25, 0.3) is 0 Å². The Morgan fingerprint density at radius 2 is 1.82 bits per heavy atom. The third kappa shape index (κ3) is 1.90. The first kappa shape index (κ1) is 12.0. The van der Waals surface area contributed by atoms with Gasteiger partial charge in [-0.25, -0.2) is 0 Å². The first-order valence-corrected chi connectivity index (χ1v) is 5.98. The number of fused-ring (bicyclic) bond motifs is 1. The van der Waals surface area contributed by atoms with Crippen LogP contribution in [-0.4, -0.2) is 24.3 Å². The summed E-state index contributed by atoms with van der Waals surface area (Å²) >= 11 is 0. The zero-order valence-corrected chi connectivity index (χ0v) is 11.5. The van der Waals surface area contributed by atoms with E-state index >= 15 is 0 Å². The topological polar surface area (TPSA) is 31.9 Å². The molecule has 0 aliphatic rings. The van der Waals surface area contributed by atoms with Gasteiger partial charge >= 0.3 is 0 Å². The van der Waals surface area contributed by atoms with Gasteiger partial charge < -0.3 is 4.90 Å². The molecular formula is C14H21N3. The van der Waals surface area contributed by atoms with E-state index in [2.05, 4.69) is 54.9 Å². The maximum absolute atomic E-state index is 4.41. The molecule has 0 saturated carbocycles. The highest BCUT2D eigenvalue weighted by molar-refractivity contribution is 5.94.